The zero-order valence-corrected chi connectivity index (χ0v) is 13.3. The Hall–Kier alpha value is -0.170. The third-order valence-corrected chi connectivity index (χ3v) is 3.66. The lowest BCUT2D eigenvalue weighted by molar-refractivity contribution is -0.400. The zero-order chi connectivity index (χ0) is 18.7. The van der Waals surface area contributed by atoms with Crippen molar-refractivity contribution in [1.82, 2.24) is 0 Å². The van der Waals surface area contributed by atoms with Gasteiger partial charge in [-0.3, -0.25) is 0 Å². The molecule has 0 saturated carbocycles. The predicted molar refractivity (Wildman–Crippen MR) is 60.2 cm³/mol. The van der Waals surface area contributed by atoms with Crippen LogP contribution in [0.1, 0.15) is 12.8 Å². The Kier molecular flexibility index (Phi) is 9.20. The Morgan fingerprint density at radius 1 is 0.708 bits per heavy atom. The van der Waals surface area contributed by atoms with E-state index in [-0.39, 0.29) is 18.2 Å². The van der Waals surface area contributed by atoms with Gasteiger partial charge in [-0.1, -0.05) is 0 Å². The van der Waals surface area contributed by atoms with Crippen molar-refractivity contribution < 1.29 is 66.4 Å². The Balaban J connectivity index is 0. The molecule has 0 radical (unpaired) electrons. The van der Waals surface area contributed by atoms with Gasteiger partial charge in [0.05, 0.1) is 13.0 Å². The van der Waals surface area contributed by atoms with Crippen LogP contribution in [0.2, 0.25) is 0 Å². The number of quaternary nitrogens is 1. The first-order chi connectivity index (χ1) is 10.0. The summed E-state index contributed by atoms with van der Waals surface area (Å²) in [5.41, 5.74) is 3.34. The molecule has 0 unspecified atom stereocenters. The van der Waals surface area contributed by atoms with E-state index in [4.69, 9.17) is 0 Å². The third-order valence-electron chi connectivity index (χ3n) is 2.59. The minimum absolute atomic E-state index is 0. The molecule has 0 aromatic carbocycles. The molecule has 148 valence electrons. The van der Waals surface area contributed by atoms with Gasteiger partial charge in [0.25, 0.3) is 5.92 Å². The van der Waals surface area contributed by atoms with Crippen LogP contribution in [0.4, 0.5) is 48.3 Å². The van der Waals surface area contributed by atoms with Crippen LogP contribution < -0.4 is 18.1 Å². The van der Waals surface area contributed by atoms with E-state index in [0.717, 1.165) is 11.8 Å². The van der Waals surface area contributed by atoms with Crippen LogP contribution in [0.15, 0.2) is 0 Å². The maximum atomic E-state index is 13.2. The zero-order valence-electron chi connectivity index (χ0n) is 11.7. The van der Waals surface area contributed by atoms with Crippen molar-refractivity contribution in [3.63, 3.8) is 0 Å². The standard InChI is InChI=1S/C10H12F11NS.ClH/c11-6(12,1-3-23-4-2-22)5-7(13,14)8(15,16)9(17,18)10(19,20)21;/h1-5,22H2;1H. The highest BCUT2D eigenvalue weighted by Gasteiger charge is 2.82. The first-order valence-corrected chi connectivity index (χ1v) is 7.12. The normalized spacial score (nSPS) is 14.5. The van der Waals surface area contributed by atoms with E-state index in [1.165, 1.54) is 0 Å². The van der Waals surface area contributed by atoms with E-state index in [9.17, 15) is 48.3 Å². The number of hydrogen-bond acceptors (Lipinski definition) is 1. The molecule has 0 amide bonds. The van der Waals surface area contributed by atoms with E-state index >= 15 is 0 Å². The Morgan fingerprint density at radius 2 is 1.17 bits per heavy atom. The number of rotatable bonds is 9. The first-order valence-electron chi connectivity index (χ1n) is 5.97. The molecule has 0 aliphatic heterocycles. The van der Waals surface area contributed by atoms with Crippen molar-refractivity contribution in [2.75, 3.05) is 18.1 Å². The molecule has 0 heterocycles. The lowest BCUT2D eigenvalue weighted by Gasteiger charge is -2.35. The maximum Gasteiger partial charge on any atom is 0.460 e. The molecule has 3 N–H and O–H groups in total. The summed E-state index contributed by atoms with van der Waals surface area (Å²) in [4.78, 5) is 0. The number of alkyl halides is 11. The fourth-order valence-electron chi connectivity index (χ4n) is 1.36. The summed E-state index contributed by atoms with van der Waals surface area (Å²) < 4.78 is 139. The molecule has 0 aliphatic carbocycles. The molecule has 24 heavy (non-hydrogen) atoms. The molecule has 1 nitrogen and oxygen atoms in total. The van der Waals surface area contributed by atoms with E-state index in [1.54, 1.807) is 0 Å². The number of halogens is 12. The van der Waals surface area contributed by atoms with Gasteiger partial charge in [0.1, 0.15) is 0 Å². The second-order valence-electron chi connectivity index (χ2n) is 4.60. The van der Waals surface area contributed by atoms with E-state index < -0.39 is 48.5 Å². The number of hydrogen-bond donors (Lipinski definition) is 1. The molecule has 0 aromatic rings. The van der Waals surface area contributed by atoms with Crippen molar-refractivity contribution in [2.24, 2.45) is 0 Å². The largest absolute Gasteiger partial charge is 1.00 e. The van der Waals surface area contributed by atoms with Gasteiger partial charge in [-0.15, -0.1) is 0 Å². The average Bonchev–Trinajstić information content (AvgIpc) is 2.31. The summed E-state index contributed by atoms with van der Waals surface area (Å²) in [6, 6.07) is 0. The SMILES string of the molecule is [Cl-].[NH3+]CCSCCC(F)(F)CC(F)(F)C(F)(F)C(F)(F)C(F)(F)F. The minimum atomic E-state index is -7.15. The van der Waals surface area contributed by atoms with E-state index in [2.05, 4.69) is 5.73 Å². The van der Waals surface area contributed by atoms with Crippen molar-refractivity contribution in [2.45, 2.75) is 42.7 Å². The fourth-order valence-corrected chi connectivity index (χ4v) is 2.21. The van der Waals surface area contributed by atoms with E-state index in [0.29, 0.717) is 6.54 Å². The maximum absolute atomic E-state index is 13.2. The van der Waals surface area contributed by atoms with Crippen LogP contribution in [0.3, 0.4) is 0 Å². The lowest BCUT2D eigenvalue weighted by atomic mass is 9.97. The molecule has 0 rings (SSSR count). The molecule has 14 heteroatoms. The van der Waals surface area contributed by atoms with Gasteiger partial charge in [0, 0.05) is 12.2 Å². The summed E-state index contributed by atoms with van der Waals surface area (Å²) in [5.74, 6) is -25.2. The van der Waals surface area contributed by atoms with Gasteiger partial charge in [-0.05, 0) is 5.75 Å². The fraction of sp³-hybridized carbons (Fsp3) is 1.00. The number of thioether (sulfide) groups is 1. The van der Waals surface area contributed by atoms with Gasteiger partial charge < -0.3 is 18.1 Å². The smallest absolute Gasteiger partial charge is 0.460 e. The summed E-state index contributed by atoms with van der Waals surface area (Å²) in [6.07, 6.45) is -11.5. The van der Waals surface area contributed by atoms with Crippen LogP contribution in [0.25, 0.3) is 0 Å². The quantitative estimate of drug-likeness (QED) is 0.432. The Labute approximate surface area is 139 Å². The first kappa shape index (κ1) is 26.1. The minimum Gasteiger partial charge on any atom is -1.00 e. The highest BCUT2D eigenvalue weighted by molar-refractivity contribution is 7.99. The van der Waals surface area contributed by atoms with Crippen molar-refractivity contribution in [3.05, 3.63) is 0 Å². The lowest BCUT2D eigenvalue weighted by Crippen LogP contribution is -3.00. The summed E-state index contributed by atoms with van der Waals surface area (Å²) in [6.45, 7) is 0.308. The molecular formula is C10H13ClF11NS. The average molecular weight is 424 g/mol. The molecule has 0 aromatic heterocycles. The predicted octanol–water partition coefficient (Wildman–Crippen LogP) is 0.849. The molecule has 0 bridgehead atoms. The third kappa shape index (κ3) is 5.97. The monoisotopic (exact) mass is 423 g/mol. The van der Waals surface area contributed by atoms with Crippen molar-refractivity contribution in [1.29, 1.82) is 0 Å². The summed E-state index contributed by atoms with van der Waals surface area (Å²) >= 11 is 0.820. The second-order valence-corrected chi connectivity index (χ2v) is 5.82. The summed E-state index contributed by atoms with van der Waals surface area (Å²) in [5, 5.41) is 0. The molecule has 0 aliphatic rings. The second kappa shape index (κ2) is 8.47. The van der Waals surface area contributed by atoms with Crippen LogP contribution in [0.5, 0.6) is 0 Å². The van der Waals surface area contributed by atoms with Gasteiger partial charge >= 0.3 is 23.9 Å². The molecule has 0 spiro atoms. The molecule has 0 saturated heterocycles. The van der Waals surface area contributed by atoms with Crippen LogP contribution >= 0.6 is 11.8 Å². The van der Waals surface area contributed by atoms with Crippen LogP contribution in [-0.4, -0.2) is 47.9 Å². The van der Waals surface area contributed by atoms with Gasteiger partial charge in [-0.2, -0.15) is 51.3 Å². The molecular weight excluding hydrogens is 411 g/mol. The van der Waals surface area contributed by atoms with Gasteiger partial charge in [-0.25, -0.2) is 8.78 Å². The molecule has 0 fully saturated rings. The van der Waals surface area contributed by atoms with Gasteiger partial charge in [0.15, 0.2) is 0 Å². The molecule has 0 atom stereocenters. The summed E-state index contributed by atoms with van der Waals surface area (Å²) in [7, 11) is 0. The Bertz CT molecular complexity index is 385. The van der Waals surface area contributed by atoms with Crippen molar-refractivity contribution in [3.8, 4) is 0 Å². The van der Waals surface area contributed by atoms with Gasteiger partial charge in [0.2, 0.25) is 0 Å². The topological polar surface area (TPSA) is 27.6 Å². The van der Waals surface area contributed by atoms with Crippen LogP contribution in [0, 0.1) is 0 Å². The highest BCUT2D eigenvalue weighted by Crippen LogP contribution is 2.55. The van der Waals surface area contributed by atoms with Crippen LogP contribution in [-0.2, 0) is 0 Å². The Morgan fingerprint density at radius 3 is 1.54 bits per heavy atom. The van der Waals surface area contributed by atoms with Crippen molar-refractivity contribution >= 4 is 11.8 Å². The highest BCUT2D eigenvalue weighted by atomic mass is 35.5. The van der Waals surface area contributed by atoms with E-state index in [1.807, 2.05) is 0 Å².